The average Bonchev–Trinajstić information content (AvgIpc) is 3.18. The van der Waals surface area contributed by atoms with Crippen LogP contribution in [0.15, 0.2) is 23.4 Å². The maximum atomic E-state index is 12.1. The van der Waals surface area contributed by atoms with Crippen molar-refractivity contribution in [1.29, 1.82) is 0 Å². The van der Waals surface area contributed by atoms with E-state index in [1.54, 1.807) is 12.1 Å². The first-order valence-corrected chi connectivity index (χ1v) is 7.80. The highest BCUT2D eigenvalue weighted by atomic mass is 32.2. The standard InChI is InChI=1S/C12H19N3O2S/c1-2-7-13-11-4-3-8-14-12(11)18(16,17)15-9-10-5-6-10/h3-4,8,10,13,15H,2,5-7,9H2,1H3. The summed E-state index contributed by atoms with van der Waals surface area (Å²) < 4.78 is 26.9. The number of sulfonamides is 1. The van der Waals surface area contributed by atoms with Gasteiger partial charge >= 0.3 is 0 Å². The van der Waals surface area contributed by atoms with Crippen LogP contribution in [0.5, 0.6) is 0 Å². The number of rotatable bonds is 7. The number of aromatic nitrogens is 1. The highest BCUT2D eigenvalue weighted by molar-refractivity contribution is 7.89. The second-order valence-corrected chi connectivity index (χ2v) is 6.26. The largest absolute Gasteiger partial charge is 0.383 e. The van der Waals surface area contributed by atoms with E-state index in [9.17, 15) is 8.42 Å². The SMILES string of the molecule is CCCNc1cccnc1S(=O)(=O)NCC1CC1. The van der Waals surface area contributed by atoms with Crippen LogP contribution in [-0.4, -0.2) is 26.5 Å². The zero-order valence-corrected chi connectivity index (χ0v) is 11.3. The van der Waals surface area contributed by atoms with Crippen LogP contribution in [0.4, 0.5) is 5.69 Å². The van der Waals surface area contributed by atoms with Crippen LogP contribution in [0.1, 0.15) is 26.2 Å². The normalized spacial score (nSPS) is 15.6. The molecule has 100 valence electrons. The highest BCUT2D eigenvalue weighted by Gasteiger charge is 2.26. The zero-order valence-electron chi connectivity index (χ0n) is 10.5. The molecule has 0 saturated heterocycles. The van der Waals surface area contributed by atoms with Crippen LogP contribution in [0, 0.1) is 5.92 Å². The molecule has 1 aromatic rings. The molecule has 0 aromatic carbocycles. The first-order chi connectivity index (χ1) is 8.63. The third kappa shape index (κ3) is 3.43. The van der Waals surface area contributed by atoms with E-state index in [4.69, 9.17) is 0 Å². The van der Waals surface area contributed by atoms with Crippen LogP contribution >= 0.6 is 0 Å². The maximum absolute atomic E-state index is 12.1. The van der Waals surface area contributed by atoms with Crippen LogP contribution in [-0.2, 0) is 10.0 Å². The molecular weight excluding hydrogens is 250 g/mol. The Balaban J connectivity index is 2.13. The predicted molar refractivity (Wildman–Crippen MR) is 70.9 cm³/mol. The van der Waals surface area contributed by atoms with Crippen LogP contribution in [0.2, 0.25) is 0 Å². The summed E-state index contributed by atoms with van der Waals surface area (Å²) in [6.45, 7) is 3.28. The van der Waals surface area contributed by atoms with Gasteiger partial charge in [0.05, 0.1) is 5.69 Å². The van der Waals surface area contributed by atoms with Gasteiger partial charge in [0.25, 0.3) is 10.0 Å². The summed E-state index contributed by atoms with van der Waals surface area (Å²) >= 11 is 0. The van der Waals surface area contributed by atoms with E-state index >= 15 is 0 Å². The molecule has 2 N–H and O–H groups in total. The van der Waals surface area contributed by atoms with E-state index in [-0.39, 0.29) is 5.03 Å². The van der Waals surface area contributed by atoms with Crippen molar-refractivity contribution in [3.8, 4) is 0 Å². The lowest BCUT2D eigenvalue weighted by Crippen LogP contribution is -2.27. The minimum atomic E-state index is -3.50. The third-order valence-corrected chi connectivity index (χ3v) is 4.23. The molecule has 5 nitrogen and oxygen atoms in total. The summed E-state index contributed by atoms with van der Waals surface area (Å²) in [4.78, 5) is 3.99. The Kier molecular flexibility index (Phi) is 4.19. The first-order valence-electron chi connectivity index (χ1n) is 6.32. The third-order valence-electron chi connectivity index (χ3n) is 2.85. The predicted octanol–water partition coefficient (Wildman–Crippen LogP) is 1.59. The molecule has 0 atom stereocenters. The number of nitrogens with one attached hydrogen (secondary N) is 2. The lowest BCUT2D eigenvalue weighted by atomic mass is 10.4. The van der Waals surface area contributed by atoms with Gasteiger partial charge in [0, 0.05) is 19.3 Å². The van der Waals surface area contributed by atoms with Crippen molar-refractivity contribution >= 4 is 15.7 Å². The summed E-state index contributed by atoms with van der Waals surface area (Å²) in [7, 11) is -3.50. The van der Waals surface area contributed by atoms with Crippen molar-refractivity contribution in [3.05, 3.63) is 18.3 Å². The fraction of sp³-hybridized carbons (Fsp3) is 0.583. The molecule has 0 amide bonds. The van der Waals surface area contributed by atoms with Gasteiger partial charge in [0.15, 0.2) is 5.03 Å². The summed E-state index contributed by atoms with van der Waals surface area (Å²) in [5, 5.41) is 3.19. The van der Waals surface area contributed by atoms with Gasteiger partial charge in [-0.3, -0.25) is 0 Å². The van der Waals surface area contributed by atoms with Crippen molar-refractivity contribution in [1.82, 2.24) is 9.71 Å². The summed E-state index contributed by atoms with van der Waals surface area (Å²) in [6, 6.07) is 3.48. The van der Waals surface area contributed by atoms with Gasteiger partial charge in [-0.05, 0) is 37.3 Å². The molecule has 18 heavy (non-hydrogen) atoms. The molecule has 1 aromatic heterocycles. The molecular formula is C12H19N3O2S. The Morgan fingerprint density at radius 3 is 2.89 bits per heavy atom. The first kappa shape index (κ1) is 13.3. The van der Waals surface area contributed by atoms with Gasteiger partial charge in [0.2, 0.25) is 0 Å². The number of pyridine rings is 1. The minimum Gasteiger partial charge on any atom is -0.383 e. The number of hydrogen-bond acceptors (Lipinski definition) is 4. The van der Waals surface area contributed by atoms with Gasteiger partial charge in [-0.1, -0.05) is 6.92 Å². The van der Waals surface area contributed by atoms with Crippen LogP contribution in [0.3, 0.4) is 0 Å². The molecule has 0 aliphatic heterocycles. The highest BCUT2D eigenvalue weighted by Crippen LogP contribution is 2.28. The molecule has 1 heterocycles. The average molecular weight is 269 g/mol. The summed E-state index contributed by atoms with van der Waals surface area (Å²) in [6.07, 6.45) is 4.67. The Morgan fingerprint density at radius 1 is 1.44 bits per heavy atom. The Bertz CT molecular complexity index is 498. The van der Waals surface area contributed by atoms with E-state index in [1.807, 2.05) is 6.92 Å². The van der Waals surface area contributed by atoms with Gasteiger partial charge < -0.3 is 5.32 Å². The van der Waals surface area contributed by atoms with Gasteiger partial charge in [0.1, 0.15) is 0 Å². The molecule has 0 bridgehead atoms. The lowest BCUT2D eigenvalue weighted by Gasteiger charge is -2.11. The van der Waals surface area contributed by atoms with E-state index < -0.39 is 10.0 Å². The van der Waals surface area contributed by atoms with E-state index in [0.29, 0.717) is 18.2 Å². The van der Waals surface area contributed by atoms with Crippen molar-refractivity contribution in [2.24, 2.45) is 5.92 Å². The van der Waals surface area contributed by atoms with Crippen molar-refractivity contribution in [2.75, 3.05) is 18.4 Å². The quantitative estimate of drug-likeness (QED) is 0.788. The monoisotopic (exact) mass is 269 g/mol. The molecule has 1 aliphatic rings. The molecule has 0 radical (unpaired) electrons. The molecule has 1 aliphatic carbocycles. The molecule has 1 fully saturated rings. The zero-order chi connectivity index (χ0) is 13.0. The smallest absolute Gasteiger partial charge is 0.260 e. The fourth-order valence-electron chi connectivity index (χ4n) is 1.62. The van der Waals surface area contributed by atoms with Crippen molar-refractivity contribution < 1.29 is 8.42 Å². The fourth-order valence-corrected chi connectivity index (χ4v) is 2.84. The van der Waals surface area contributed by atoms with E-state index in [1.165, 1.54) is 6.20 Å². The maximum Gasteiger partial charge on any atom is 0.260 e. The van der Waals surface area contributed by atoms with Crippen molar-refractivity contribution in [2.45, 2.75) is 31.2 Å². The molecule has 1 saturated carbocycles. The Labute approximate surface area is 108 Å². The molecule has 2 rings (SSSR count). The minimum absolute atomic E-state index is 0.0964. The number of hydrogen-bond donors (Lipinski definition) is 2. The second kappa shape index (κ2) is 5.67. The summed E-state index contributed by atoms with van der Waals surface area (Å²) in [5.74, 6) is 0.510. The van der Waals surface area contributed by atoms with E-state index in [2.05, 4.69) is 15.0 Å². The lowest BCUT2D eigenvalue weighted by molar-refractivity contribution is 0.574. The van der Waals surface area contributed by atoms with Crippen LogP contribution in [0.25, 0.3) is 0 Å². The number of nitrogens with zero attached hydrogens (tertiary/aromatic N) is 1. The van der Waals surface area contributed by atoms with E-state index in [0.717, 1.165) is 25.8 Å². The second-order valence-electron chi connectivity index (χ2n) is 4.58. The molecule has 0 spiro atoms. The Morgan fingerprint density at radius 2 is 2.22 bits per heavy atom. The van der Waals surface area contributed by atoms with Gasteiger partial charge in [-0.15, -0.1) is 0 Å². The van der Waals surface area contributed by atoms with Crippen molar-refractivity contribution in [3.63, 3.8) is 0 Å². The Hall–Kier alpha value is -1.14. The molecule has 6 heteroatoms. The van der Waals surface area contributed by atoms with Crippen LogP contribution < -0.4 is 10.0 Å². The topological polar surface area (TPSA) is 71.1 Å². The van der Waals surface area contributed by atoms with Gasteiger partial charge in [-0.25, -0.2) is 18.1 Å². The summed E-state index contributed by atoms with van der Waals surface area (Å²) in [5.41, 5.74) is 0.572. The number of anilines is 1. The molecule has 0 unspecified atom stereocenters. The van der Waals surface area contributed by atoms with Gasteiger partial charge in [-0.2, -0.15) is 0 Å².